The number of ether oxygens (including phenoxy) is 1. The van der Waals surface area contributed by atoms with Crippen LogP contribution in [0.1, 0.15) is 27.2 Å². The molecule has 2 saturated heterocycles. The van der Waals surface area contributed by atoms with Crippen LogP contribution in [-0.2, 0) is 4.74 Å². The first-order valence-corrected chi connectivity index (χ1v) is 6.46. The zero-order valence-corrected chi connectivity index (χ0v) is 10.2. The minimum absolute atomic E-state index is 0.0551. The highest BCUT2D eigenvalue weighted by Gasteiger charge is 2.83. The van der Waals surface area contributed by atoms with Gasteiger partial charge in [-0.3, -0.25) is 16.8 Å². The van der Waals surface area contributed by atoms with Crippen LogP contribution in [0.4, 0.5) is 4.79 Å². The smallest absolute Gasteiger partial charge is 0.332 e. The lowest BCUT2D eigenvalue weighted by molar-refractivity contribution is 0.129. The van der Waals surface area contributed by atoms with Crippen LogP contribution in [0.3, 0.4) is 0 Å². The molecule has 6 heteroatoms. The second kappa shape index (κ2) is 3.14. The van der Waals surface area contributed by atoms with Crippen LogP contribution in [0.2, 0.25) is 0 Å². The summed E-state index contributed by atoms with van der Waals surface area (Å²) < 4.78 is 4.82. The van der Waals surface area contributed by atoms with Gasteiger partial charge in [-0.05, 0) is 11.8 Å². The first-order chi connectivity index (χ1) is 6.76. The van der Waals surface area contributed by atoms with Gasteiger partial charge >= 0.3 is 5.71 Å². The molecule has 0 amide bonds. The molecule has 0 radical (unpaired) electrons. The Balaban J connectivity index is 1.88. The summed E-state index contributed by atoms with van der Waals surface area (Å²) in [6.45, 7) is 6.51. The van der Waals surface area contributed by atoms with Gasteiger partial charge in [-0.15, -0.1) is 0 Å². The van der Waals surface area contributed by atoms with Crippen molar-refractivity contribution < 1.29 is 9.53 Å². The Morgan fingerprint density at radius 1 is 1.60 bits per heavy atom. The van der Waals surface area contributed by atoms with E-state index in [1.54, 1.807) is 0 Å². The molecule has 0 bridgehead atoms. The monoisotopic (exact) mass is 231 g/mol. The van der Waals surface area contributed by atoms with Gasteiger partial charge in [0.15, 0.2) is 0 Å². The Bertz CT molecular complexity index is 302. The third-order valence-corrected chi connectivity index (χ3v) is 5.32. The van der Waals surface area contributed by atoms with Crippen LogP contribution in [-0.4, -0.2) is 23.1 Å². The number of fused-ring (bicyclic) bond motifs is 1. The maximum absolute atomic E-state index is 11.6. The molecular weight excluding hydrogens is 213 g/mol. The van der Waals surface area contributed by atoms with E-state index >= 15 is 0 Å². The minimum atomic E-state index is -0.980. The molecule has 3 atom stereocenters. The zero-order valence-electron chi connectivity index (χ0n) is 9.28. The molecule has 2 aliphatic heterocycles. The van der Waals surface area contributed by atoms with Gasteiger partial charge in [0.25, 0.3) is 0 Å². The fourth-order valence-electron chi connectivity index (χ4n) is 2.08. The zero-order chi connectivity index (χ0) is 11.4. The lowest BCUT2D eigenvalue weighted by Crippen LogP contribution is -2.35. The second-order valence-electron chi connectivity index (χ2n) is 5.43. The molecule has 0 aromatic carbocycles. The molecular formula is C9H18N3O2P. The highest BCUT2D eigenvalue weighted by Crippen LogP contribution is 2.86. The second-order valence-corrected chi connectivity index (χ2v) is 7.85. The molecule has 2 aliphatic rings. The molecule has 0 spiro atoms. The van der Waals surface area contributed by atoms with Gasteiger partial charge in [0.1, 0.15) is 0 Å². The van der Waals surface area contributed by atoms with E-state index in [2.05, 4.69) is 26.1 Å². The maximum Gasteiger partial charge on any atom is 0.332 e. The van der Waals surface area contributed by atoms with Crippen LogP contribution < -0.4 is 16.8 Å². The Kier molecular flexibility index (Phi) is 2.36. The summed E-state index contributed by atoms with van der Waals surface area (Å²) in [5.41, 5.74) is 10.5. The van der Waals surface area contributed by atoms with Crippen molar-refractivity contribution in [2.24, 2.45) is 16.9 Å². The van der Waals surface area contributed by atoms with E-state index in [9.17, 15) is 4.79 Å². The SMILES string of the molecule is CC(C)(C)CC12NC1P2C(=O)OC(N)N. The van der Waals surface area contributed by atoms with Gasteiger partial charge < -0.3 is 4.74 Å². The molecule has 5 N–H and O–H groups in total. The summed E-state index contributed by atoms with van der Waals surface area (Å²) in [6.07, 6.45) is 0.0253. The van der Waals surface area contributed by atoms with E-state index in [1.165, 1.54) is 0 Å². The van der Waals surface area contributed by atoms with E-state index in [0.717, 1.165) is 6.42 Å². The van der Waals surface area contributed by atoms with Crippen molar-refractivity contribution in [2.45, 2.75) is 44.6 Å². The quantitative estimate of drug-likeness (QED) is 0.380. The number of rotatable bonds is 3. The molecule has 5 nitrogen and oxygen atoms in total. The van der Waals surface area contributed by atoms with Crippen LogP contribution in [0.15, 0.2) is 0 Å². The van der Waals surface area contributed by atoms with E-state index < -0.39 is 14.3 Å². The van der Waals surface area contributed by atoms with Crippen molar-refractivity contribution in [3.05, 3.63) is 0 Å². The van der Waals surface area contributed by atoms with Crippen molar-refractivity contribution in [2.75, 3.05) is 0 Å². The molecule has 2 heterocycles. The van der Waals surface area contributed by atoms with Crippen LogP contribution >= 0.6 is 7.92 Å². The van der Waals surface area contributed by atoms with Crippen LogP contribution in [0.25, 0.3) is 0 Å². The molecule has 0 saturated carbocycles. The molecule has 0 aromatic heterocycles. The molecule has 2 rings (SSSR count). The number of hydrogen-bond acceptors (Lipinski definition) is 5. The Morgan fingerprint density at radius 3 is 2.60 bits per heavy atom. The van der Waals surface area contributed by atoms with Gasteiger partial charge in [-0.2, -0.15) is 0 Å². The summed E-state index contributed by atoms with van der Waals surface area (Å²) in [7, 11) is -0.689. The summed E-state index contributed by atoms with van der Waals surface area (Å²) in [5.74, 6) is 0.359. The molecule has 2 fully saturated rings. The third kappa shape index (κ3) is 2.02. The Labute approximate surface area is 90.7 Å². The topological polar surface area (TPSA) is 100 Å². The molecule has 15 heavy (non-hydrogen) atoms. The lowest BCUT2D eigenvalue weighted by atomic mass is 9.90. The van der Waals surface area contributed by atoms with Crippen molar-refractivity contribution >= 4 is 13.6 Å². The number of carbonyl (C=O) groups excluding carboxylic acids is 1. The minimum Gasteiger partial charge on any atom is -0.430 e. The number of nitrogens with one attached hydrogen (secondary N) is 1. The fourth-order valence-corrected chi connectivity index (χ4v) is 4.85. The number of carbonyl (C=O) groups is 1. The van der Waals surface area contributed by atoms with Gasteiger partial charge in [-0.25, -0.2) is 4.79 Å². The number of hydrogen-bond donors (Lipinski definition) is 3. The van der Waals surface area contributed by atoms with Gasteiger partial charge in [-0.1, -0.05) is 20.8 Å². The summed E-state index contributed by atoms with van der Waals surface area (Å²) in [5, 5.41) is 3.37. The highest BCUT2D eigenvalue weighted by molar-refractivity contribution is 7.85. The maximum atomic E-state index is 11.6. The molecule has 0 aliphatic carbocycles. The Morgan fingerprint density at radius 2 is 2.20 bits per heavy atom. The highest BCUT2D eigenvalue weighted by atomic mass is 31.1. The molecule has 86 valence electrons. The molecule has 3 unspecified atom stereocenters. The van der Waals surface area contributed by atoms with Gasteiger partial charge in [0, 0.05) is 0 Å². The van der Waals surface area contributed by atoms with E-state index in [4.69, 9.17) is 16.2 Å². The molecule has 0 aromatic rings. The third-order valence-electron chi connectivity index (χ3n) is 2.61. The average molecular weight is 231 g/mol. The number of nitrogens with two attached hydrogens (primary N) is 2. The lowest BCUT2D eigenvalue weighted by Gasteiger charge is -2.21. The van der Waals surface area contributed by atoms with Gasteiger partial charge in [0.05, 0.1) is 19.0 Å². The predicted octanol–water partition coefficient (Wildman–Crippen LogP) is 0.881. The fraction of sp³-hybridized carbons (Fsp3) is 0.889. The largest absolute Gasteiger partial charge is 0.430 e. The normalized spacial score (nSPS) is 37.5. The van der Waals surface area contributed by atoms with Gasteiger partial charge in [0.2, 0.25) is 6.35 Å². The van der Waals surface area contributed by atoms with Crippen LogP contribution in [0.5, 0.6) is 0 Å². The van der Waals surface area contributed by atoms with Crippen molar-refractivity contribution in [3.63, 3.8) is 0 Å². The van der Waals surface area contributed by atoms with Crippen molar-refractivity contribution in [3.8, 4) is 0 Å². The average Bonchev–Trinajstić information content (AvgIpc) is 2.69. The van der Waals surface area contributed by atoms with Crippen molar-refractivity contribution in [1.29, 1.82) is 0 Å². The van der Waals surface area contributed by atoms with E-state index in [-0.39, 0.29) is 16.4 Å². The first-order valence-electron chi connectivity index (χ1n) is 5.05. The van der Waals surface area contributed by atoms with E-state index in [0.29, 0.717) is 5.78 Å². The standard InChI is InChI=1S/C9H18N3O2P/c1-8(2,3)4-9-5(12-9)15(9)7(13)14-6(10)11/h5-6,12H,4,10-11H2,1-3H3. The summed E-state index contributed by atoms with van der Waals surface area (Å²) >= 11 is 0. The Hall–Kier alpha value is -0.220. The summed E-state index contributed by atoms with van der Waals surface area (Å²) in [6, 6.07) is 0. The predicted molar refractivity (Wildman–Crippen MR) is 59.3 cm³/mol. The van der Waals surface area contributed by atoms with E-state index in [1.807, 2.05) is 0 Å². The van der Waals surface area contributed by atoms with Crippen molar-refractivity contribution in [1.82, 2.24) is 5.32 Å². The van der Waals surface area contributed by atoms with Crippen LogP contribution in [0, 0.1) is 5.41 Å². The summed E-state index contributed by atoms with van der Waals surface area (Å²) in [4.78, 5) is 11.6. The first kappa shape index (κ1) is 11.3.